The van der Waals surface area contributed by atoms with Gasteiger partial charge in [-0.2, -0.15) is 0 Å². The number of thiol groups is 1. The van der Waals surface area contributed by atoms with Gasteiger partial charge in [0, 0.05) is 25.7 Å². The van der Waals surface area contributed by atoms with Crippen LogP contribution in [0.5, 0.6) is 0 Å². The standard InChI is InChI=1S/C12H8BrClN2O2S/c13-7-1-3-9(4-2-7)19(18)10-5-8(14)6-15-11(10)12(17)16-19/h1-6,19H,(H,16,17,18). The maximum atomic E-state index is 13.1. The van der Waals surface area contributed by atoms with E-state index in [0.717, 1.165) is 4.47 Å². The van der Waals surface area contributed by atoms with Crippen molar-refractivity contribution in [2.75, 3.05) is 0 Å². The summed E-state index contributed by atoms with van der Waals surface area (Å²) in [5.41, 5.74) is 0.177. The van der Waals surface area contributed by atoms with Crippen molar-refractivity contribution < 1.29 is 9.00 Å². The lowest BCUT2D eigenvalue weighted by molar-refractivity contribution is 0.0980. The number of aromatic nitrogens is 1. The molecule has 0 aliphatic carbocycles. The van der Waals surface area contributed by atoms with Gasteiger partial charge in [-0.15, -0.1) is 0 Å². The Hall–Kier alpha value is -1.24. The monoisotopic (exact) mass is 358 g/mol. The molecular weight excluding hydrogens is 352 g/mol. The molecule has 19 heavy (non-hydrogen) atoms. The molecule has 1 amide bonds. The molecule has 0 atom stereocenters. The molecule has 98 valence electrons. The number of pyridine rings is 1. The Morgan fingerprint density at radius 2 is 1.95 bits per heavy atom. The Morgan fingerprint density at radius 1 is 1.26 bits per heavy atom. The second-order valence-corrected chi connectivity index (χ2v) is 7.84. The van der Waals surface area contributed by atoms with E-state index in [0.29, 0.717) is 14.8 Å². The first-order valence-corrected chi connectivity index (χ1v) is 8.23. The van der Waals surface area contributed by atoms with Crippen molar-refractivity contribution in [2.24, 2.45) is 0 Å². The summed E-state index contributed by atoms with van der Waals surface area (Å²) in [6.45, 7) is 0. The Labute approximate surface area is 123 Å². The normalized spacial score (nSPS) is 17.7. The largest absolute Gasteiger partial charge is 0.285 e. The SMILES string of the molecule is O=C1N[SH](=O)(c2ccc(Br)cc2)c2cc(Cl)cnc21. The minimum Gasteiger partial charge on any atom is -0.285 e. The van der Waals surface area contributed by atoms with Crippen molar-refractivity contribution >= 4 is 43.6 Å². The van der Waals surface area contributed by atoms with Crippen molar-refractivity contribution in [1.82, 2.24) is 9.71 Å². The highest BCUT2D eigenvalue weighted by atomic mass is 79.9. The first kappa shape index (κ1) is 12.8. The number of amides is 1. The summed E-state index contributed by atoms with van der Waals surface area (Å²) in [4.78, 5) is 16.7. The van der Waals surface area contributed by atoms with Crippen LogP contribution in [0.1, 0.15) is 10.5 Å². The molecule has 0 unspecified atom stereocenters. The molecule has 7 heteroatoms. The second-order valence-electron chi connectivity index (χ2n) is 4.05. The summed E-state index contributed by atoms with van der Waals surface area (Å²) in [7, 11) is -3.18. The fraction of sp³-hybridized carbons (Fsp3) is 0. The molecule has 0 saturated heterocycles. The molecular formula is C12H8BrClN2O2S. The molecule has 4 nitrogen and oxygen atoms in total. The zero-order valence-electron chi connectivity index (χ0n) is 9.43. The second kappa shape index (κ2) is 4.40. The minimum atomic E-state index is -3.18. The lowest BCUT2D eigenvalue weighted by Gasteiger charge is -2.19. The average Bonchev–Trinajstić information content (AvgIpc) is 2.63. The predicted molar refractivity (Wildman–Crippen MR) is 76.9 cm³/mol. The smallest absolute Gasteiger partial charge is 0.281 e. The number of carbonyl (C=O) groups excluding carboxylic acids is 1. The topological polar surface area (TPSA) is 59.1 Å². The van der Waals surface area contributed by atoms with Gasteiger partial charge < -0.3 is 0 Å². The third-order valence-corrected chi connectivity index (χ3v) is 6.14. The van der Waals surface area contributed by atoms with Crippen LogP contribution in [0.25, 0.3) is 0 Å². The molecule has 1 N–H and O–H groups in total. The van der Waals surface area contributed by atoms with Gasteiger partial charge in [-0.05, 0) is 30.3 Å². The van der Waals surface area contributed by atoms with E-state index in [1.807, 2.05) is 0 Å². The minimum absolute atomic E-state index is 0.177. The van der Waals surface area contributed by atoms with Gasteiger partial charge in [0.05, 0.1) is 9.92 Å². The molecule has 1 aromatic heterocycles. The van der Waals surface area contributed by atoms with Gasteiger partial charge in [-0.3, -0.25) is 13.7 Å². The zero-order valence-corrected chi connectivity index (χ0v) is 12.7. The Bertz CT molecular complexity index is 733. The number of halogens is 2. The number of fused-ring (bicyclic) bond motifs is 1. The van der Waals surface area contributed by atoms with Crippen molar-refractivity contribution in [2.45, 2.75) is 9.79 Å². The van der Waals surface area contributed by atoms with E-state index < -0.39 is 16.0 Å². The van der Waals surface area contributed by atoms with Gasteiger partial charge in [0.1, 0.15) is 5.69 Å². The third-order valence-electron chi connectivity index (χ3n) is 2.84. The van der Waals surface area contributed by atoms with Crippen LogP contribution in [0.15, 0.2) is 50.8 Å². The summed E-state index contributed by atoms with van der Waals surface area (Å²) in [6.07, 6.45) is 1.37. The van der Waals surface area contributed by atoms with E-state index in [4.69, 9.17) is 11.6 Å². The highest BCUT2D eigenvalue weighted by molar-refractivity contribution is 9.10. The van der Waals surface area contributed by atoms with Crippen LogP contribution in [-0.2, 0) is 10.1 Å². The van der Waals surface area contributed by atoms with Gasteiger partial charge in [0.25, 0.3) is 5.91 Å². The summed E-state index contributed by atoms with van der Waals surface area (Å²) in [6, 6.07) is 8.50. The summed E-state index contributed by atoms with van der Waals surface area (Å²) in [5, 5.41) is 0.354. The molecule has 2 aromatic rings. The van der Waals surface area contributed by atoms with Crippen LogP contribution in [-0.4, -0.2) is 15.1 Å². The molecule has 1 aromatic carbocycles. The van der Waals surface area contributed by atoms with E-state index in [1.165, 1.54) is 12.3 Å². The van der Waals surface area contributed by atoms with Crippen LogP contribution in [0.3, 0.4) is 0 Å². The molecule has 3 rings (SSSR count). The molecule has 1 aliphatic rings. The van der Waals surface area contributed by atoms with Gasteiger partial charge in [-0.25, -0.2) is 4.98 Å². The maximum Gasteiger partial charge on any atom is 0.281 e. The van der Waals surface area contributed by atoms with Crippen LogP contribution >= 0.6 is 27.5 Å². The Balaban J connectivity index is 2.23. The predicted octanol–water partition coefficient (Wildman–Crippen LogP) is 2.59. The van der Waals surface area contributed by atoms with Crippen molar-refractivity contribution in [3.63, 3.8) is 0 Å². The lowest BCUT2D eigenvalue weighted by atomic mass is 10.3. The van der Waals surface area contributed by atoms with Crippen LogP contribution in [0.4, 0.5) is 0 Å². The van der Waals surface area contributed by atoms with E-state index in [2.05, 4.69) is 25.6 Å². The van der Waals surface area contributed by atoms with Crippen LogP contribution in [0.2, 0.25) is 5.02 Å². The molecule has 0 saturated carbocycles. The highest BCUT2D eigenvalue weighted by Gasteiger charge is 2.36. The molecule has 0 spiro atoms. The molecule has 0 radical (unpaired) electrons. The number of rotatable bonds is 1. The fourth-order valence-electron chi connectivity index (χ4n) is 1.95. The van der Waals surface area contributed by atoms with E-state index >= 15 is 0 Å². The van der Waals surface area contributed by atoms with Gasteiger partial charge in [-0.1, -0.05) is 27.5 Å². The van der Waals surface area contributed by atoms with Crippen molar-refractivity contribution in [3.8, 4) is 0 Å². The summed E-state index contributed by atoms with van der Waals surface area (Å²) in [5.74, 6) is -0.432. The first-order chi connectivity index (χ1) is 9.00. The quantitative estimate of drug-likeness (QED) is 0.770. The number of nitrogens with zero attached hydrogens (tertiary/aromatic N) is 1. The average molecular weight is 360 g/mol. The van der Waals surface area contributed by atoms with E-state index in [9.17, 15) is 9.00 Å². The van der Waals surface area contributed by atoms with E-state index in [-0.39, 0.29) is 5.69 Å². The number of carbonyl (C=O) groups is 1. The zero-order chi connectivity index (χ0) is 13.6. The first-order valence-electron chi connectivity index (χ1n) is 5.35. The van der Waals surface area contributed by atoms with Crippen molar-refractivity contribution in [1.29, 1.82) is 0 Å². The van der Waals surface area contributed by atoms with Gasteiger partial charge >= 0.3 is 0 Å². The number of hydrogen-bond acceptors (Lipinski definition) is 3. The van der Waals surface area contributed by atoms with Gasteiger partial charge in [0.15, 0.2) is 0 Å². The molecule has 2 heterocycles. The highest BCUT2D eigenvalue weighted by Crippen LogP contribution is 2.34. The van der Waals surface area contributed by atoms with E-state index in [1.54, 1.807) is 24.3 Å². The maximum absolute atomic E-state index is 13.1. The molecule has 0 fully saturated rings. The van der Waals surface area contributed by atoms with Crippen LogP contribution in [0, 0.1) is 0 Å². The number of hydrogen-bond donors (Lipinski definition) is 2. The van der Waals surface area contributed by atoms with Crippen molar-refractivity contribution in [3.05, 3.63) is 51.7 Å². The number of benzene rings is 1. The third kappa shape index (κ3) is 2.00. The lowest BCUT2D eigenvalue weighted by Crippen LogP contribution is -2.28. The molecule has 1 aliphatic heterocycles. The molecule has 0 bridgehead atoms. The van der Waals surface area contributed by atoms with Gasteiger partial charge in [0.2, 0.25) is 0 Å². The Morgan fingerprint density at radius 3 is 2.63 bits per heavy atom. The Kier molecular flexibility index (Phi) is 2.96. The number of nitrogens with one attached hydrogen (secondary N) is 1. The fourth-order valence-corrected chi connectivity index (χ4v) is 4.72. The van der Waals surface area contributed by atoms with Crippen LogP contribution < -0.4 is 4.72 Å². The summed E-state index contributed by atoms with van der Waals surface area (Å²) >= 11 is 9.20. The summed E-state index contributed by atoms with van der Waals surface area (Å²) < 4.78 is 16.5.